The number of benzene rings is 2. The number of ether oxygens (including phenoxy) is 1. The number of aliphatic hydroxyl groups excluding tert-OH is 1. The van der Waals surface area contributed by atoms with Gasteiger partial charge in [-0.1, -0.05) is 63.2 Å². The molecule has 6 nitrogen and oxygen atoms in total. The van der Waals surface area contributed by atoms with Crippen LogP contribution < -0.4 is 4.74 Å². The Kier molecular flexibility index (Phi) is 8.66. The van der Waals surface area contributed by atoms with Crippen molar-refractivity contribution in [1.82, 2.24) is 9.80 Å². The van der Waals surface area contributed by atoms with Crippen LogP contribution in [0, 0.1) is 0 Å². The van der Waals surface area contributed by atoms with E-state index in [1.165, 1.54) is 0 Å². The molecule has 1 fully saturated rings. The Morgan fingerprint density at radius 2 is 1.76 bits per heavy atom. The molecule has 1 aliphatic heterocycles. The summed E-state index contributed by atoms with van der Waals surface area (Å²) in [6.07, 6.45) is 1.62. The van der Waals surface area contributed by atoms with Gasteiger partial charge in [0.2, 0.25) is 0 Å². The van der Waals surface area contributed by atoms with Gasteiger partial charge in [0.05, 0.1) is 18.2 Å². The van der Waals surface area contributed by atoms with E-state index >= 15 is 0 Å². The fourth-order valence-corrected chi connectivity index (χ4v) is 4.21. The Hall–Kier alpha value is -3.12. The van der Waals surface area contributed by atoms with Crippen molar-refractivity contribution in [3.05, 3.63) is 71.3 Å². The third kappa shape index (κ3) is 5.63. The second-order valence-corrected chi connectivity index (χ2v) is 8.16. The summed E-state index contributed by atoms with van der Waals surface area (Å²) >= 11 is 0. The molecule has 0 spiro atoms. The summed E-state index contributed by atoms with van der Waals surface area (Å²) in [6, 6.07) is 15.7. The molecule has 176 valence electrons. The zero-order valence-electron chi connectivity index (χ0n) is 19.8. The first-order chi connectivity index (χ1) is 16.0. The average molecular weight is 451 g/mol. The maximum absolute atomic E-state index is 13.1. The second-order valence-electron chi connectivity index (χ2n) is 8.16. The molecule has 0 aromatic heterocycles. The van der Waals surface area contributed by atoms with Gasteiger partial charge < -0.3 is 19.6 Å². The molecular formula is C27H34N2O4. The molecule has 2 aromatic rings. The van der Waals surface area contributed by atoms with E-state index in [2.05, 4.69) is 18.7 Å². The molecule has 0 aliphatic carbocycles. The lowest BCUT2D eigenvalue weighted by atomic mass is 9.95. The van der Waals surface area contributed by atoms with Crippen molar-refractivity contribution in [3.8, 4) is 5.75 Å². The lowest BCUT2D eigenvalue weighted by molar-refractivity contribution is -0.140. The molecule has 0 saturated carbocycles. The highest BCUT2D eigenvalue weighted by Crippen LogP contribution is 2.40. The minimum Gasteiger partial charge on any atom is -0.507 e. The van der Waals surface area contributed by atoms with Crippen LogP contribution in [-0.2, 0) is 9.59 Å². The number of hydrogen-bond donors (Lipinski definition) is 1. The molecule has 0 unspecified atom stereocenters. The van der Waals surface area contributed by atoms with E-state index in [4.69, 9.17) is 4.74 Å². The smallest absolute Gasteiger partial charge is 0.295 e. The summed E-state index contributed by atoms with van der Waals surface area (Å²) in [6.45, 7) is 9.96. The number of amides is 1. The number of rotatable bonds is 11. The van der Waals surface area contributed by atoms with Crippen molar-refractivity contribution in [1.29, 1.82) is 0 Å². The molecule has 2 aromatic carbocycles. The summed E-state index contributed by atoms with van der Waals surface area (Å²) in [4.78, 5) is 30.1. The van der Waals surface area contributed by atoms with Gasteiger partial charge in [-0.2, -0.15) is 0 Å². The van der Waals surface area contributed by atoms with Gasteiger partial charge >= 0.3 is 0 Å². The van der Waals surface area contributed by atoms with Crippen LogP contribution in [0.5, 0.6) is 5.75 Å². The molecule has 1 heterocycles. The summed E-state index contributed by atoms with van der Waals surface area (Å²) in [7, 11) is 0. The van der Waals surface area contributed by atoms with Crippen LogP contribution in [0.25, 0.3) is 5.76 Å². The van der Waals surface area contributed by atoms with Gasteiger partial charge in [-0.25, -0.2) is 0 Å². The summed E-state index contributed by atoms with van der Waals surface area (Å²) in [5, 5.41) is 11.1. The highest BCUT2D eigenvalue weighted by molar-refractivity contribution is 6.46. The molecule has 0 radical (unpaired) electrons. The molecule has 1 atom stereocenters. The van der Waals surface area contributed by atoms with E-state index < -0.39 is 17.7 Å². The molecule has 1 aliphatic rings. The molecule has 3 rings (SSSR count). The number of carbonyl (C=O) groups is 2. The van der Waals surface area contributed by atoms with Crippen LogP contribution in [0.4, 0.5) is 0 Å². The number of carbonyl (C=O) groups excluding carboxylic acids is 2. The topological polar surface area (TPSA) is 70.1 Å². The van der Waals surface area contributed by atoms with Gasteiger partial charge in [-0.3, -0.25) is 9.59 Å². The van der Waals surface area contributed by atoms with Gasteiger partial charge in [0, 0.05) is 12.1 Å². The highest BCUT2D eigenvalue weighted by Gasteiger charge is 2.45. The lowest BCUT2D eigenvalue weighted by Gasteiger charge is -2.27. The third-order valence-corrected chi connectivity index (χ3v) is 6.00. The van der Waals surface area contributed by atoms with E-state index in [1.54, 1.807) is 29.2 Å². The average Bonchev–Trinajstić information content (AvgIpc) is 3.10. The predicted molar refractivity (Wildman–Crippen MR) is 130 cm³/mol. The van der Waals surface area contributed by atoms with Crippen LogP contribution in [-0.4, -0.2) is 59.4 Å². The molecule has 1 amide bonds. The van der Waals surface area contributed by atoms with Crippen LogP contribution in [0.15, 0.2) is 60.2 Å². The summed E-state index contributed by atoms with van der Waals surface area (Å²) in [5.41, 5.74) is 1.40. The Labute approximate surface area is 196 Å². The van der Waals surface area contributed by atoms with Gasteiger partial charge in [0.25, 0.3) is 11.7 Å². The van der Waals surface area contributed by atoms with E-state index in [0.717, 1.165) is 38.0 Å². The van der Waals surface area contributed by atoms with Crippen LogP contribution in [0.2, 0.25) is 0 Å². The van der Waals surface area contributed by atoms with Crippen LogP contribution >= 0.6 is 0 Å². The molecule has 6 heteroatoms. The minimum atomic E-state index is -0.660. The molecular weight excluding hydrogens is 416 g/mol. The zero-order valence-corrected chi connectivity index (χ0v) is 19.8. The first-order valence-corrected chi connectivity index (χ1v) is 11.8. The van der Waals surface area contributed by atoms with Crippen LogP contribution in [0.1, 0.15) is 50.8 Å². The lowest BCUT2D eigenvalue weighted by Crippen LogP contribution is -2.33. The predicted octanol–water partition coefficient (Wildman–Crippen LogP) is 4.63. The fraction of sp³-hybridized carbons (Fsp3) is 0.407. The molecule has 1 saturated heterocycles. The SMILES string of the molecule is CCCOc1cccc([C@@H]2C(=C(O)c3ccccc3)C(=O)C(=O)N2CCCN(CC)CC)c1. The largest absolute Gasteiger partial charge is 0.507 e. The van der Waals surface area contributed by atoms with Crippen molar-refractivity contribution >= 4 is 17.4 Å². The van der Waals surface area contributed by atoms with Gasteiger partial charge in [0.1, 0.15) is 11.5 Å². The van der Waals surface area contributed by atoms with Crippen molar-refractivity contribution < 1.29 is 19.4 Å². The number of likely N-dealkylation sites (tertiary alicyclic amines) is 1. The Morgan fingerprint density at radius 3 is 2.42 bits per heavy atom. The maximum atomic E-state index is 13.1. The van der Waals surface area contributed by atoms with Gasteiger partial charge in [-0.15, -0.1) is 0 Å². The number of nitrogens with zero attached hydrogens (tertiary/aromatic N) is 2. The normalized spacial score (nSPS) is 17.7. The molecule has 1 N–H and O–H groups in total. The van der Waals surface area contributed by atoms with Crippen molar-refractivity contribution in [2.45, 2.75) is 39.7 Å². The number of ketones is 1. The van der Waals surface area contributed by atoms with Crippen molar-refractivity contribution in [3.63, 3.8) is 0 Å². The van der Waals surface area contributed by atoms with Gasteiger partial charge in [-0.05, 0) is 50.2 Å². The molecule has 33 heavy (non-hydrogen) atoms. The first kappa shape index (κ1) is 24.5. The Balaban J connectivity index is 2.01. The van der Waals surface area contributed by atoms with E-state index in [1.807, 2.05) is 37.3 Å². The third-order valence-electron chi connectivity index (χ3n) is 6.00. The van der Waals surface area contributed by atoms with Gasteiger partial charge in [0.15, 0.2) is 0 Å². The Bertz CT molecular complexity index is 983. The fourth-order valence-electron chi connectivity index (χ4n) is 4.21. The monoisotopic (exact) mass is 450 g/mol. The van der Waals surface area contributed by atoms with E-state index in [-0.39, 0.29) is 11.3 Å². The highest BCUT2D eigenvalue weighted by atomic mass is 16.5. The van der Waals surface area contributed by atoms with Crippen molar-refractivity contribution in [2.75, 3.05) is 32.8 Å². The second kappa shape index (κ2) is 11.7. The van der Waals surface area contributed by atoms with Crippen molar-refractivity contribution in [2.24, 2.45) is 0 Å². The van der Waals surface area contributed by atoms with Crippen LogP contribution in [0.3, 0.4) is 0 Å². The van der Waals surface area contributed by atoms with E-state index in [0.29, 0.717) is 24.5 Å². The van der Waals surface area contributed by atoms with E-state index in [9.17, 15) is 14.7 Å². The molecule has 0 bridgehead atoms. The number of hydrogen-bond acceptors (Lipinski definition) is 5. The zero-order chi connectivity index (χ0) is 23.8. The number of Topliss-reactive ketones (excluding diaryl/α,β-unsaturated/α-hetero) is 1. The number of aliphatic hydroxyl groups is 1. The quantitative estimate of drug-likeness (QED) is 0.307. The maximum Gasteiger partial charge on any atom is 0.295 e. The standard InChI is InChI=1S/C27H34N2O4/c1-4-18-33-22-15-10-14-21(19-22)24-23(25(30)20-12-8-7-9-13-20)26(31)27(32)29(24)17-11-16-28(5-2)6-3/h7-10,12-15,19,24,30H,4-6,11,16-18H2,1-3H3/t24-/m1/s1. The summed E-state index contributed by atoms with van der Waals surface area (Å²) in [5.74, 6) is -0.686. The minimum absolute atomic E-state index is 0.127. The Morgan fingerprint density at radius 1 is 1.03 bits per heavy atom. The summed E-state index contributed by atoms with van der Waals surface area (Å²) < 4.78 is 5.79. The first-order valence-electron chi connectivity index (χ1n) is 11.8.